The molecule has 6 nitrogen and oxygen atoms in total. The highest BCUT2D eigenvalue weighted by atomic mass is 16.5. The summed E-state index contributed by atoms with van der Waals surface area (Å²) in [6.07, 6.45) is 0.282. The SMILES string of the molecule is COc1ccc(C(CNC(=O)Cc2c(C)noc2C)N(C)C)cc1. The Morgan fingerprint density at radius 3 is 2.46 bits per heavy atom. The van der Waals surface area contributed by atoms with Gasteiger partial charge in [-0.1, -0.05) is 17.3 Å². The van der Waals surface area contributed by atoms with Crippen LogP contribution in [0.1, 0.15) is 28.6 Å². The smallest absolute Gasteiger partial charge is 0.224 e. The lowest BCUT2D eigenvalue weighted by Crippen LogP contribution is -2.35. The monoisotopic (exact) mass is 331 g/mol. The number of rotatable bonds is 7. The van der Waals surface area contributed by atoms with Crippen LogP contribution >= 0.6 is 0 Å². The van der Waals surface area contributed by atoms with Crippen molar-refractivity contribution in [3.63, 3.8) is 0 Å². The minimum absolute atomic E-state index is 0.0373. The summed E-state index contributed by atoms with van der Waals surface area (Å²) < 4.78 is 10.3. The largest absolute Gasteiger partial charge is 0.497 e. The van der Waals surface area contributed by atoms with E-state index >= 15 is 0 Å². The van der Waals surface area contributed by atoms with Gasteiger partial charge in [-0.15, -0.1) is 0 Å². The molecule has 1 N–H and O–H groups in total. The molecule has 1 aromatic carbocycles. The molecule has 6 heteroatoms. The lowest BCUT2D eigenvalue weighted by atomic mass is 10.1. The second-order valence-electron chi connectivity index (χ2n) is 6.04. The lowest BCUT2D eigenvalue weighted by Gasteiger charge is -2.25. The Kier molecular flexibility index (Phi) is 5.98. The van der Waals surface area contributed by atoms with E-state index in [2.05, 4.69) is 15.4 Å². The van der Waals surface area contributed by atoms with E-state index in [9.17, 15) is 4.79 Å². The van der Waals surface area contributed by atoms with Gasteiger partial charge in [0, 0.05) is 12.1 Å². The van der Waals surface area contributed by atoms with Crippen molar-refractivity contribution in [3.8, 4) is 5.75 Å². The highest BCUT2D eigenvalue weighted by Crippen LogP contribution is 2.21. The van der Waals surface area contributed by atoms with E-state index in [0.29, 0.717) is 12.3 Å². The summed E-state index contributed by atoms with van der Waals surface area (Å²) in [7, 11) is 5.64. The number of nitrogens with zero attached hydrogens (tertiary/aromatic N) is 2. The van der Waals surface area contributed by atoms with Gasteiger partial charge in [0.2, 0.25) is 5.91 Å². The molecule has 0 fully saturated rings. The van der Waals surface area contributed by atoms with Gasteiger partial charge in [-0.05, 0) is 45.6 Å². The second-order valence-corrected chi connectivity index (χ2v) is 6.04. The molecule has 0 saturated carbocycles. The standard InChI is InChI=1S/C18H25N3O3/c1-12-16(13(2)24-20-12)10-18(22)19-11-17(21(3)4)14-6-8-15(23-5)9-7-14/h6-9,17H,10-11H2,1-5H3,(H,19,22). The number of carbonyl (C=O) groups is 1. The van der Waals surface area contributed by atoms with Crippen LogP contribution < -0.4 is 10.1 Å². The van der Waals surface area contributed by atoms with Crippen molar-refractivity contribution in [2.24, 2.45) is 0 Å². The Morgan fingerprint density at radius 2 is 1.96 bits per heavy atom. The molecule has 130 valence electrons. The Morgan fingerprint density at radius 1 is 1.29 bits per heavy atom. The first-order chi connectivity index (χ1) is 11.4. The van der Waals surface area contributed by atoms with E-state index in [1.165, 1.54) is 0 Å². The molecule has 2 aromatic rings. The van der Waals surface area contributed by atoms with Gasteiger partial charge in [-0.25, -0.2) is 0 Å². The van der Waals surface area contributed by atoms with E-state index in [0.717, 1.165) is 22.6 Å². The summed E-state index contributed by atoms with van der Waals surface area (Å²) in [4.78, 5) is 14.3. The van der Waals surface area contributed by atoms with Crippen LogP contribution in [0.25, 0.3) is 0 Å². The number of carbonyl (C=O) groups excluding carboxylic acids is 1. The van der Waals surface area contributed by atoms with Gasteiger partial charge in [-0.2, -0.15) is 0 Å². The minimum atomic E-state index is -0.0373. The maximum atomic E-state index is 12.3. The van der Waals surface area contributed by atoms with Gasteiger partial charge >= 0.3 is 0 Å². The fourth-order valence-electron chi connectivity index (χ4n) is 2.61. The molecule has 1 atom stereocenters. The predicted molar refractivity (Wildman–Crippen MR) is 92.1 cm³/mol. The van der Waals surface area contributed by atoms with Crippen LogP contribution in [0.4, 0.5) is 0 Å². The molecule has 0 radical (unpaired) electrons. The fraction of sp³-hybridized carbons (Fsp3) is 0.444. The number of aryl methyl sites for hydroxylation is 2. The Balaban J connectivity index is 1.99. The molecule has 0 aliphatic heterocycles. The van der Waals surface area contributed by atoms with Gasteiger partial charge < -0.3 is 19.5 Å². The zero-order valence-corrected chi connectivity index (χ0v) is 14.9. The summed E-state index contributed by atoms with van der Waals surface area (Å²) in [5.74, 6) is 1.48. The van der Waals surface area contributed by atoms with Crippen molar-refractivity contribution >= 4 is 5.91 Å². The number of aromatic nitrogens is 1. The first-order valence-electron chi connectivity index (χ1n) is 7.91. The first kappa shape index (κ1) is 18.0. The summed E-state index contributed by atoms with van der Waals surface area (Å²) in [6.45, 7) is 4.20. The maximum absolute atomic E-state index is 12.3. The highest BCUT2D eigenvalue weighted by Gasteiger charge is 2.17. The van der Waals surface area contributed by atoms with Crippen molar-refractivity contribution in [1.29, 1.82) is 0 Å². The van der Waals surface area contributed by atoms with Crippen LogP contribution in [0.15, 0.2) is 28.8 Å². The van der Waals surface area contributed by atoms with Crippen molar-refractivity contribution < 1.29 is 14.1 Å². The van der Waals surface area contributed by atoms with Crippen LogP contribution in [-0.4, -0.2) is 43.7 Å². The third-order valence-electron chi connectivity index (χ3n) is 4.14. The molecule has 24 heavy (non-hydrogen) atoms. The average molecular weight is 331 g/mol. The molecule has 0 aliphatic carbocycles. The van der Waals surface area contributed by atoms with E-state index < -0.39 is 0 Å². The van der Waals surface area contributed by atoms with Crippen molar-refractivity contribution in [3.05, 3.63) is 46.8 Å². The zero-order chi connectivity index (χ0) is 17.7. The molecular weight excluding hydrogens is 306 g/mol. The molecule has 1 amide bonds. The molecule has 1 unspecified atom stereocenters. The normalized spacial score (nSPS) is 12.2. The van der Waals surface area contributed by atoms with Gasteiger partial charge in [0.15, 0.2) is 0 Å². The number of likely N-dealkylation sites (N-methyl/N-ethyl adjacent to an activating group) is 1. The maximum Gasteiger partial charge on any atom is 0.224 e. The third-order valence-corrected chi connectivity index (χ3v) is 4.14. The molecule has 0 saturated heterocycles. The number of methoxy groups -OCH3 is 1. The Hall–Kier alpha value is -2.34. The molecular formula is C18H25N3O3. The second kappa shape index (κ2) is 7.97. The summed E-state index contributed by atoms with van der Waals surface area (Å²) in [5, 5.41) is 6.88. The van der Waals surface area contributed by atoms with Crippen LogP contribution in [0, 0.1) is 13.8 Å². The zero-order valence-electron chi connectivity index (χ0n) is 14.9. The predicted octanol–water partition coefficient (Wildman–Crippen LogP) is 2.26. The number of hydrogen-bond donors (Lipinski definition) is 1. The topological polar surface area (TPSA) is 67.6 Å². The van der Waals surface area contributed by atoms with Crippen molar-refractivity contribution in [2.45, 2.75) is 26.3 Å². The first-order valence-corrected chi connectivity index (χ1v) is 7.91. The van der Waals surface area contributed by atoms with Crippen LogP contribution in [0.3, 0.4) is 0 Å². The van der Waals surface area contributed by atoms with E-state index in [1.54, 1.807) is 7.11 Å². The van der Waals surface area contributed by atoms with Crippen LogP contribution in [0.2, 0.25) is 0 Å². The number of benzene rings is 1. The number of amides is 1. The van der Waals surface area contributed by atoms with Gasteiger partial charge in [0.1, 0.15) is 11.5 Å². The van der Waals surface area contributed by atoms with Crippen molar-refractivity contribution in [2.75, 3.05) is 27.7 Å². The summed E-state index contributed by atoms with van der Waals surface area (Å²) in [6, 6.07) is 7.98. The summed E-state index contributed by atoms with van der Waals surface area (Å²) in [5.41, 5.74) is 2.75. The molecule has 0 spiro atoms. The van der Waals surface area contributed by atoms with Crippen molar-refractivity contribution in [1.82, 2.24) is 15.4 Å². The molecule has 0 aliphatic rings. The molecule has 0 bridgehead atoms. The minimum Gasteiger partial charge on any atom is -0.497 e. The van der Waals surface area contributed by atoms with E-state index in [1.807, 2.05) is 52.2 Å². The quantitative estimate of drug-likeness (QED) is 0.843. The third kappa shape index (κ3) is 4.35. The van der Waals surface area contributed by atoms with E-state index in [4.69, 9.17) is 9.26 Å². The molecule has 1 heterocycles. The average Bonchev–Trinajstić information content (AvgIpc) is 2.87. The van der Waals surface area contributed by atoms with Gasteiger partial charge in [0.05, 0.1) is 25.3 Å². The van der Waals surface area contributed by atoms with Crippen LogP contribution in [-0.2, 0) is 11.2 Å². The van der Waals surface area contributed by atoms with E-state index in [-0.39, 0.29) is 18.4 Å². The molecule has 1 aromatic heterocycles. The van der Waals surface area contributed by atoms with Gasteiger partial charge in [0.25, 0.3) is 0 Å². The number of hydrogen-bond acceptors (Lipinski definition) is 5. The Labute approximate surface area is 142 Å². The molecule has 2 rings (SSSR count). The van der Waals surface area contributed by atoms with Gasteiger partial charge in [-0.3, -0.25) is 4.79 Å². The number of nitrogens with one attached hydrogen (secondary N) is 1. The lowest BCUT2D eigenvalue weighted by molar-refractivity contribution is -0.120. The number of ether oxygens (including phenoxy) is 1. The fourth-order valence-corrected chi connectivity index (χ4v) is 2.61. The summed E-state index contributed by atoms with van der Waals surface area (Å²) >= 11 is 0. The Bertz CT molecular complexity index is 658. The van der Waals surface area contributed by atoms with Crippen LogP contribution in [0.5, 0.6) is 5.75 Å². The highest BCUT2D eigenvalue weighted by molar-refractivity contribution is 5.79.